The maximum atomic E-state index is 10.2. The normalized spacial score (nSPS) is 20.2. The van der Waals surface area contributed by atoms with Crippen LogP contribution in [0.1, 0.15) is 44.1 Å². The highest BCUT2D eigenvalue weighted by atomic mass is 16.3. The van der Waals surface area contributed by atoms with Crippen LogP contribution >= 0.6 is 0 Å². The second-order valence-corrected chi connectivity index (χ2v) is 9.88. The Bertz CT molecular complexity index is 1160. The molecule has 2 fully saturated rings. The van der Waals surface area contributed by atoms with E-state index in [-0.39, 0.29) is 6.61 Å². The number of aromatic nitrogens is 4. The second-order valence-electron chi connectivity index (χ2n) is 9.88. The number of fused-ring (bicyclic) bond motifs is 1. The molecule has 0 radical (unpaired) electrons. The summed E-state index contributed by atoms with van der Waals surface area (Å²) in [6, 6.07) is 6.29. The summed E-state index contributed by atoms with van der Waals surface area (Å²) < 4.78 is 0. The first-order valence-electron chi connectivity index (χ1n) is 12.9. The molecule has 192 valence electrons. The smallest absolute Gasteiger partial charge is 0.229 e. The molecule has 3 N–H and O–H groups in total. The van der Waals surface area contributed by atoms with Crippen LogP contribution in [0, 0.1) is 0 Å². The number of hydrogen-bond acceptors (Lipinski definition) is 10. The van der Waals surface area contributed by atoms with Gasteiger partial charge in [-0.1, -0.05) is 6.07 Å². The first-order chi connectivity index (χ1) is 17.5. The Balaban J connectivity index is 1.30. The number of aliphatic hydroxyl groups excluding tert-OH is 2. The van der Waals surface area contributed by atoms with Crippen molar-refractivity contribution in [1.29, 1.82) is 0 Å². The van der Waals surface area contributed by atoms with E-state index in [9.17, 15) is 5.11 Å². The van der Waals surface area contributed by atoms with Gasteiger partial charge in [-0.25, -0.2) is 19.9 Å². The van der Waals surface area contributed by atoms with Gasteiger partial charge >= 0.3 is 0 Å². The molecule has 2 saturated heterocycles. The number of nitrogens with one attached hydrogen (secondary N) is 1. The first-order valence-corrected chi connectivity index (χ1v) is 12.9. The Morgan fingerprint density at radius 2 is 1.86 bits per heavy atom. The molecule has 5 heterocycles. The largest absolute Gasteiger partial charge is 0.395 e. The lowest BCUT2D eigenvalue weighted by Gasteiger charge is -2.34. The number of nitrogens with zero attached hydrogens (tertiary/aromatic N) is 7. The Morgan fingerprint density at radius 3 is 2.53 bits per heavy atom. The lowest BCUT2D eigenvalue weighted by atomic mass is 10.2. The van der Waals surface area contributed by atoms with Gasteiger partial charge in [-0.2, -0.15) is 0 Å². The zero-order valence-electron chi connectivity index (χ0n) is 21.1. The monoisotopic (exact) mass is 492 g/mol. The summed E-state index contributed by atoms with van der Waals surface area (Å²) in [5.41, 5.74) is 2.58. The molecule has 5 rings (SSSR count). The van der Waals surface area contributed by atoms with Crippen LogP contribution in [0.15, 0.2) is 30.6 Å². The van der Waals surface area contributed by atoms with Crippen molar-refractivity contribution >= 4 is 28.5 Å². The maximum Gasteiger partial charge on any atom is 0.229 e. The number of pyridine rings is 2. The molecule has 0 amide bonds. The predicted octanol–water partition coefficient (Wildman–Crippen LogP) is 2.32. The molecule has 0 aliphatic carbocycles. The zero-order chi connectivity index (χ0) is 25.1. The van der Waals surface area contributed by atoms with Gasteiger partial charge < -0.3 is 20.4 Å². The molecule has 0 spiro atoms. The van der Waals surface area contributed by atoms with Crippen molar-refractivity contribution < 1.29 is 10.2 Å². The summed E-state index contributed by atoms with van der Waals surface area (Å²) in [4.78, 5) is 25.7. The van der Waals surface area contributed by atoms with Gasteiger partial charge in [0.15, 0.2) is 5.82 Å². The quantitative estimate of drug-likeness (QED) is 0.433. The molecule has 3 aromatic rings. The molecule has 1 unspecified atom stereocenters. The van der Waals surface area contributed by atoms with Crippen LogP contribution in [0.2, 0.25) is 0 Å². The molecule has 2 aliphatic rings. The van der Waals surface area contributed by atoms with E-state index in [2.05, 4.69) is 43.0 Å². The van der Waals surface area contributed by atoms with E-state index in [0.717, 1.165) is 80.9 Å². The van der Waals surface area contributed by atoms with Crippen molar-refractivity contribution in [2.45, 2.75) is 45.4 Å². The van der Waals surface area contributed by atoms with Crippen LogP contribution in [0.5, 0.6) is 0 Å². The Hall–Kier alpha value is -2.92. The zero-order valence-corrected chi connectivity index (χ0v) is 21.1. The van der Waals surface area contributed by atoms with Crippen molar-refractivity contribution in [2.24, 2.45) is 0 Å². The van der Waals surface area contributed by atoms with Crippen molar-refractivity contribution in [3.05, 3.63) is 41.9 Å². The Labute approximate surface area is 212 Å². The molecule has 2 atom stereocenters. The standard InChI is InChI=1S/C26H36N8O2/c1-18-4-3-7-34(18)25-24-21(14-22(29-25)19(2)36)16-28-26(31-24)30-23-6-5-20(15-27-23)17-33-10-8-32(9-11-33)12-13-35/h5-6,14-16,18-19,35-36H,3-4,7-13,17H2,1-2H3,(H,27,28,30,31)/t18-,19?/m0/s1. The van der Waals surface area contributed by atoms with E-state index in [4.69, 9.17) is 15.1 Å². The van der Waals surface area contributed by atoms with Gasteiger partial charge in [-0.3, -0.25) is 9.80 Å². The number of anilines is 3. The Morgan fingerprint density at radius 1 is 1.06 bits per heavy atom. The second kappa shape index (κ2) is 11.0. The first kappa shape index (κ1) is 24.8. The van der Waals surface area contributed by atoms with E-state index < -0.39 is 6.10 Å². The minimum atomic E-state index is -0.656. The number of aliphatic hydroxyl groups is 2. The number of rotatable bonds is 8. The van der Waals surface area contributed by atoms with Crippen molar-refractivity contribution in [3.8, 4) is 0 Å². The molecule has 10 nitrogen and oxygen atoms in total. The van der Waals surface area contributed by atoms with Gasteiger partial charge in [0.05, 0.1) is 18.4 Å². The summed E-state index contributed by atoms with van der Waals surface area (Å²) in [7, 11) is 0. The fourth-order valence-corrected chi connectivity index (χ4v) is 5.04. The number of β-amino-alcohol motifs (C(OH)–C–C–N with tert-alkyl or cyclic N) is 1. The van der Waals surface area contributed by atoms with E-state index in [1.54, 1.807) is 13.1 Å². The van der Waals surface area contributed by atoms with Gasteiger partial charge in [0.2, 0.25) is 5.95 Å². The lowest BCUT2D eigenvalue weighted by molar-refractivity contribution is 0.108. The van der Waals surface area contributed by atoms with Crippen LogP contribution in [0.4, 0.5) is 17.6 Å². The molecule has 0 bridgehead atoms. The van der Waals surface area contributed by atoms with Crippen LogP contribution in [0.25, 0.3) is 10.9 Å². The van der Waals surface area contributed by atoms with E-state index in [1.807, 2.05) is 18.3 Å². The summed E-state index contributed by atoms with van der Waals surface area (Å²) in [6.45, 7) is 10.7. The van der Waals surface area contributed by atoms with Crippen LogP contribution in [0.3, 0.4) is 0 Å². The molecule has 0 aromatic carbocycles. The predicted molar refractivity (Wildman–Crippen MR) is 140 cm³/mol. The third kappa shape index (κ3) is 5.57. The number of piperazine rings is 1. The van der Waals surface area contributed by atoms with Gasteiger partial charge in [0, 0.05) is 69.6 Å². The van der Waals surface area contributed by atoms with Gasteiger partial charge in [0.25, 0.3) is 0 Å². The average molecular weight is 493 g/mol. The molecule has 2 aliphatic heterocycles. The van der Waals surface area contributed by atoms with E-state index >= 15 is 0 Å². The third-order valence-corrected chi connectivity index (χ3v) is 7.17. The van der Waals surface area contributed by atoms with Gasteiger partial charge in [-0.15, -0.1) is 0 Å². The minimum Gasteiger partial charge on any atom is -0.395 e. The lowest BCUT2D eigenvalue weighted by Crippen LogP contribution is -2.46. The molecule has 3 aromatic heterocycles. The molecular weight excluding hydrogens is 456 g/mol. The highest BCUT2D eigenvalue weighted by molar-refractivity contribution is 5.89. The topological polar surface area (TPSA) is 114 Å². The summed E-state index contributed by atoms with van der Waals surface area (Å²) in [5.74, 6) is 1.97. The summed E-state index contributed by atoms with van der Waals surface area (Å²) in [5, 5.41) is 23.4. The van der Waals surface area contributed by atoms with Gasteiger partial charge in [0.1, 0.15) is 11.3 Å². The maximum absolute atomic E-state index is 10.2. The van der Waals surface area contributed by atoms with Crippen LogP contribution in [-0.4, -0.2) is 91.9 Å². The van der Waals surface area contributed by atoms with Crippen LogP contribution in [-0.2, 0) is 6.54 Å². The van der Waals surface area contributed by atoms with Crippen molar-refractivity contribution in [1.82, 2.24) is 29.7 Å². The molecule has 0 saturated carbocycles. The van der Waals surface area contributed by atoms with E-state index in [0.29, 0.717) is 23.5 Å². The average Bonchev–Trinajstić information content (AvgIpc) is 3.31. The Kier molecular flexibility index (Phi) is 7.56. The summed E-state index contributed by atoms with van der Waals surface area (Å²) in [6.07, 6.45) is 5.27. The highest BCUT2D eigenvalue weighted by Crippen LogP contribution is 2.32. The van der Waals surface area contributed by atoms with Crippen LogP contribution < -0.4 is 10.2 Å². The van der Waals surface area contributed by atoms with Gasteiger partial charge in [-0.05, 0) is 44.4 Å². The molecule has 36 heavy (non-hydrogen) atoms. The van der Waals surface area contributed by atoms with Crippen molar-refractivity contribution in [3.63, 3.8) is 0 Å². The van der Waals surface area contributed by atoms with Crippen molar-refractivity contribution in [2.75, 3.05) is 56.1 Å². The highest BCUT2D eigenvalue weighted by Gasteiger charge is 2.25. The fraction of sp³-hybridized carbons (Fsp3) is 0.538. The third-order valence-electron chi connectivity index (χ3n) is 7.17. The number of hydrogen-bond donors (Lipinski definition) is 3. The molecular formula is C26H36N8O2. The molecule has 10 heteroatoms. The fourth-order valence-electron chi connectivity index (χ4n) is 5.04. The van der Waals surface area contributed by atoms with E-state index in [1.165, 1.54) is 0 Å². The summed E-state index contributed by atoms with van der Waals surface area (Å²) >= 11 is 0. The SMILES string of the molecule is CC(O)c1cc2cnc(Nc3ccc(CN4CCN(CCO)CC4)cn3)nc2c(N2CCC[C@@H]2C)n1. The minimum absolute atomic E-state index is 0.220.